The van der Waals surface area contributed by atoms with Gasteiger partial charge in [-0.15, -0.1) is 5.53 Å². The second-order valence-electron chi connectivity index (χ2n) is 10.2. The first-order valence-corrected chi connectivity index (χ1v) is 14.0. The van der Waals surface area contributed by atoms with Gasteiger partial charge in [-0.05, 0) is 49.9 Å². The SMILES string of the molecule is [2H][C@@](Nc1cc(Cl)c2ncc(C#N)c(N[C@H](CC)c3ccccc3)c2c1)(C1=CN(C2CC2)NN1)c1ccc(F)nc1C. The predicted octanol–water partition coefficient (Wildman–Crippen LogP) is 6.65. The summed E-state index contributed by atoms with van der Waals surface area (Å²) in [5.74, 6) is -0.617. The largest absolute Gasteiger partial charge is 0.377 e. The molecule has 1 aliphatic heterocycles. The van der Waals surface area contributed by atoms with E-state index in [0.717, 1.165) is 24.8 Å². The van der Waals surface area contributed by atoms with Gasteiger partial charge in [-0.25, -0.2) is 4.98 Å². The lowest BCUT2D eigenvalue weighted by molar-refractivity contribution is 0.260. The average molecular weight is 570 g/mol. The van der Waals surface area contributed by atoms with Gasteiger partial charge < -0.3 is 16.1 Å². The molecule has 0 radical (unpaired) electrons. The van der Waals surface area contributed by atoms with E-state index in [4.69, 9.17) is 11.6 Å². The van der Waals surface area contributed by atoms with Gasteiger partial charge in [-0.1, -0.05) is 54.9 Å². The molecule has 208 valence electrons. The number of aryl methyl sites for hydroxylation is 1. The van der Waals surface area contributed by atoms with Crippen molar-refractivity contribution in [2.75, 3.05) is 10.6 Å². The minimum atomic E-state index is -1.59. The van der Waals surface area contributed by atoms with Gasteiger partial charge in [-0.2, -0.15) is 9.65 Å². The molecule has 2 atom stereocenters. The summed E-state index contributed by atoms with van der Waals surface area (Å²) in [4.78, 5) is 8.49. The Hall–Kier alpha value is -4.39. The second-order valence-corrected chi connectivity index (χ2v) is 10.6. The van der Waals surface area contributed by atoms with E-state index in [1.807, 2.05) is 47.6 Å². The van der Waals surface area contributed by atoms with E-state index in [1.54, 1.807) is 19.1 Å². The number of hydrogen-bond acceptors (Lipinski definition) is 8. The predicted molar refractivity (Wildman–Crippen MR) is 159 cm³/mol. The van der Waals surface area contributed by atoms with Gasteiger partial charge in [0.25, 0.3) is 0 Å². The number of rotatable bonds is 9. The number of hydrazine groups is 2. The zero-order chi connectivity index (χ0) is 29.4. The molecule has 41 heavy (non-hydrogen) atoms. The lowest BCUT2D eigenvalue weighted by Gasteiger charge is -2.24. The maximum atomic E-state index is 14.0. The van der Waals surface area contributed by atoms with Crippen LogP contribution in [0.15, 0.2) is 72.7 Å². The van der Waals surface area contributed by atoms with E-state index in [-0.39, 0.29) is 6.04 Å². The second kappa shape index (κ2) is 11.2. The monoisotopic (exact) mass is 569 g/mol. The topological polar surface area (TPSA) is 101 Å². The number of nitrogens with one attached hydrogen (secondary N) is 4. The number of fused-ring (bicyclic) bond motifs is 1. The zero-order valence-corrected chi connectivity index (χ0v) is 23.4. The van der Waals surface area contributed by atoms with Gasteiger partial charge in [0.05, 0.1) is 40.9 Å². The van der Waals surface area contributed by atoms with E-state index < -0.39 is 12.0 Å². The molecule has 4 aromatic rings. The molecule has 4 N–H and O–H groups in total. The molecule has 2 aliphatic rings. The zero-order valence-electron chi connectivity index (χ0n) is 23.7. The van der Waals surface area contributed by atoms with Gasteiger partial charge in [0.1, 0.15) is 6.07 Å². The summed E-state index contributed by atoms with van der Waals surface area (Å²) in [6, 6.07) is 17.3. The van der Waals surface area contributed by atoms with Gasteiger partial charge in [0, 0.05) is 40.8 Å². The fourth-order valence-corrected chi connectivity index (χ4v) is 5.34. The Morgan fingerprint density at radius 3 is 2.73 bits per heavy atom. The van der Waals surface area contributed by atoms with E-state index in [2.05, 4.69) is 44.6 Å². The summed E-state index contributed by atoms with van der Waals surface area (Å²) >= 11 is 6.79. The molecule has 1 fully saturated rings. The molecule has 0 amide bonds. The van der Waals surface area contributed by atoms with Crippen LogP contribution in [0.4, 0.5) is 15.8 Å². The summed E-state index contributed by atoms with van der Waals surface area (Å²) in [6.07, 6.45) is 6.27. The van der Waals surface area contributed by atoms with Crippen LogP contribution in [0.1, 0.15) is 62.0 Å². The number of benzene rings is 2. The average Bonchev–Trinajstić information content (AvgIpc) is 3.71. The molecule has 0 spiro atoms. The van der Waals surface area contributed by atoms with Crippen LogP contribution in [0.2, 0.25) is 5.02 Å². The Morgan fingerprint density at radius 1 is 1.22 bits per heavy atom. The first kappa shape index (κ1) is 25.6. The number of pyridine rings is 2. The van der Waals surface area contributed by atoms with Crippen LogP contribution in [0.25, 0.3) is 10.9 Å². The minimum absolute atomic E-state index is 0.0604. The summed E-state index contributed by atoms with van der Waals surface area (Å²) in [5.41, 5.74) is 10.7. The quantitative estimate of drug-likeness (QED) is 0.166. The molecule has 6 rings (SSSR count). The Kier molecular flexibility index (Phi) is 7.01. The number of aromatic nitrogens is 2. The third kappa shape index (κ3) is 5.49. The highest BCUT2D eigenvalue weighted by atomic mass is 35.5. The third-order valence-electron chi connectivity index (χ3n) is 7.36. The highest BCUT2D eigenvalue weighted by Crippen LogP contribution is 2.38. The van der Waals surface area contributed by atoms with Crippen molar-refractivity contribution in [3.8, 4) is 6.07 Å². The molecule has 2 aromatic carbocycles. The first-order valence-electron chi connectivity index (χ1n) is 14.1. The standard InChI is InChI=1S/C31H30ClFN8/c1-3-26(19-7-5-4-6-8-19)38-29-20(15-34)16-35-30-24(29)13-21(14-25(30)32)37-31(23-11-12-28(33)36-18(23)2)27-17-41(40-39-27)22-9-10-22/h4-8,11-14,16-17,22,26,31,37,39-40H,3,9-10H2,1-2H3,(H,35,38)/t26-,31+/m1/s1/i31D. The van der Waals surface area contributed by atoms with Crippen LogP contribution in [0.5, 0.6) is 0 Å². The Morgan fingerprint density at radius 2 is 2.02 bits per heavy atom. The molecular weight excluding hydrogens is 539 g/mol. The number of nitriles is 1. The van der Waals surface area contributed by atoms with Crippen molar-refractivity contribution >= 4 is 33.9 Å². The maximum Gasteiger partial charge on any atom is 0.213 e. The fraction of sp³-hybridized carbons (Fsp3) is 0.258. The summed E-state index contributed by atoms with van der Waals surface area (Å²) in [6.45, 7) is 3.76. The summed E-state index contributed by atoms with van der Waals surface area (Å²) in [7, 11) is 0. The van der Waals surface area contributed by atoms with Crippen LogP contribution in [0.3, 0.4) is 0 Å². The van der Waals surface area contributed by atoms with Crippen molar-refractivity contribution in [3.05, 3.63) is 106 Å². The smallest absolute Gasteiger partial charge is 0.213 e. The van der Waals surface area contributed by atoms with Crippen LogP contribution in [0, 0.1) is 24.2 Å². The van der Waals surface area contributed by atoms with E-state index in [9.17, 15) is 11.0 Å². The number of anilines is 2. The lowest BCUT2D eigenvalue weighted by atomic mass is 10.0. The summed E-state index contributed by atoms with van der Waals surface area (Å²) < 4.78 is 23.7. The van der Waals surface area contributed by atoms with E-state index in [1.165, 1.54) is 12.3 Å². The number of nitrogens with zero attached hydrogens (tertiary/aromatic N) is 4. The molecule has 3 heterocycles. The highest BCUT2D eigenvalue weighted by molar-refractivity contribution is 6.35. The number of hydrogen-bond donors (Lipinski definition) is 4. The highest BCUT2D eigenvalue weighted by Gasteiger charge is 2.33. The molecule has 1 aliphatic carbocycles. The Labute approximate surface area is 244 Å². The van der Waals surface area contributed by atoms with Gasteiger partial charge in [0.15, 0.2) is 0 Å². The van der Waals surface area contributed by atoms with Crippen LogP contribution in [-0.2, 0) is 0 Å². The molecule has 10 heteroatoms. The van der Waals surface area contributed by atoms with Crippen molar-refractivity contribution in [3.63, 3.8) is 0 Å². The Bertz CT molecular complexity index is 1720. The van der Waals surface area contributed by atoms with Crippen molar-refractivity contribution in [1.29, 1.82) is 5.26 Å². The van der Waals surface area contributed by atoms with Crippen molar-refractivity contribution in [1.82, 2.24) is 25.9 Å². The first-order chi connectivity index (χ1) is 20.3. The van der Waals surface area contributed by atoms with Crippen molar-refractivity contribution in [2.24, 2.45) is 0 Å². The van der Waals surface area contributed by atoms with Crippen molar-refractivity contribution < 1.29 is 5.76 Å². The molecule has 8 nitrogen and oxygen atoms in total. The Balaban J connectivity index is 1.46. The van der Waals surface area contributed by atoms with Crippen LogP contribution < -0.4 is 21.6 Å². The third-order valence-corrected chi connectivity index (χ3v) is 7.65. The van der Waals surface area contributed by atoms with E-state index >= 15 is 0 Å². The lowest BCUT2D eigenvalue weighted by Crippen LogP contribution is -2.38. The molecule has 2 aromatic heterocycles. The van der Waals surface area contributed by atoms with Crippen LogP contribution in [-0.4, -0.2) is 21.0 Å². The molecule has 1 saturated carbocycles. The van der Waals surface area contributed by atoms with Gasteiger partial charge in [0.2, 0.25) is 5.95 Å². The van der Waals surface area contributed by atoms with Crippen molar-refractivity contribution in [2.45, 2.75) is 51.2 Å². The number of halogens is 2. The molecule has 0 saturated heterocycles. The van der Waals surface area contributed by atoms with Gasteiger partial charge in [-0.3, -0.25) is 9.99 Å². The normalized spacial score (nSPS) is 17.2. The van der Waals surface area contributed by atoms with E-state index in [0.29, 0.717) is 55.9 Å². The molecular formula is C31H30ClFN8. The molecule has 0 bridgehead atoms. The summed E-state index contributed by atoms with van der Waals surface area (Å²) in [5, 5.41) is 19.8. The minimum Gasteiger partial charge on any atom is -0.377 e. The molecule has 0 unspecified atom stereocenters. The maximum absolute atomic E-state index is 14.0. The fourth-order valence-electron chi connectivity index (χ4n) is 5.08. The van der Waals surface area contributed by atoms with Gasteiger partial charge >= 0.3 is 0 Å². The van der Waals surface area contributed by atoms with Crippen LogP contribution >= 0.6 is 11.6 Å².